The van der Waals surface area contributed by atoms with E-state index in [4.69, 9.17) is 9.47 Å². The molecule has 0 saturated heterocycles. The molecule has 0 aliphatic carbocycles. The molecule has 0 unspecified atom stereocenters. The monoisotopic (exact) mass is 480 g/mol. The third kappa shape index (κ3) is 11.1. The Balaban J connectivity index is 2.92. The second kappa shape index (κ2) is 12.4. The van der Waals surface area contributed by atoms with E-state index in [0.717, 1.165) is 18.4 Å². The summed E-state index contributed by atoms with van der Waals surface area (Å²) in [7, 11) is -2.50. The number of carbonyl (C=O) groups is 2. The largest absolute Gasteiger partial charge is 0.445 e. The van der Waals surface area contributed by atoms with Crippen molar-refractivity contribution in [3.8, 4) is 0 Å². The summed E-state index contributed by atoms with van der Waals surface area (Å²) in [6.07, 6.45) is 1.25. The molecule has 3 N–H and O–H groups in total. The standard InChI is InChI=1S/C25H44N2O5Si/c1-9-13-21(27-23(29)32-24(2,3)4)20(16-25(5,6)33(7,8)30)17-26-22(28)31-18-19-14-11-10-12-15-19/h10-12,14-15,20-21,30H,9,13,16-18H2,1-8H3,(H,26,28)(H,27,29)/t20-,21-/m1/s1. The number of alkyl carbamates (subject to hydrolysis) is 2. The van der Waals surface area contributed by atoms with E-state index in [9.17, 15) is 14.4 Å². The number of amides is 2. The number of benzene rings is 1. The van der Waals surface area contributed by atoms with Gasteiger partial charge in [-0.15, -0.1) is 0 Å². The SMILES string of the molecule is CCC[C@@H](NC(=O)OC(C)(C)C)[C@@H](CNC(=O)OCc1ccccc1)CC(C)(C)[Si](C)(C)O. The molecule has 0 spiro atoms. The van der Waals surface area contributed by atoms with Crippen molar-refractivity contribution in [1.29, 1.82) is 0 Å². The number of hydrogen-bond donors (Lipinski definition) is 3. The molecule has 0 bridgehead atoms. The first-order valence-electron chi connectivity index (χ1n) is 11.8. The fourth-order valence-corrected chi connectivity index (χ4v) is 4.21. The zero-order valence-corrected chi connectivity index (χ0v) is 22.7. The van der Waals surface area contributed by atoms with Crippen molar-refractivity contribution in [3.05, 3.63) is 35.9 Å². The van der Waals surface area contributed by atoms with Crippen LogP contribution in [0.2, 0.25) is 18.1 Å². The zero-order chi connectivity index (χ0) is 25.3. The minimum atomic E-state index is -2.50. The molecule has 2 atom stereocenters. The Morgan fingerprint density at radius 1 is 1.06 bits per heavy atom. The van der Waals surface area contributed by atoms with Crippen molar-refractivity contribution in [2.75, 3.05) is 6.54 Å². The molecule has 8 heteroatoms. The molecule has 0 fully saturated rings. The normalized spacial score (nSPS) is 14.2. The summed E-state index contributed by atoms with van der Waals surface area (Å²) in [5.74, 6) is -0.101. The smallest absolute Gasteiger partial charge is 0.407 e. The summed E-state index contributed by atoms with van der Waals surface area (Å²) >= 11 is 0. The number of ether oxygens (including phenoxy) is 2. The highest BCUT2D eigenvalue weighted by atomic mass is 28.4. The molecular formula is C25H44N2O5Si. The van der Waals surface area contributed by atoms with Crippen molar-refractivity contribution in [1.82, 2.24) is 10.6 Å². The van der Waals surface area contributed by atoms with Gasteiger partial charge < -0.3 is 24.9 Å². The average molecular weight is 481 g/mol. The topological polar surface area (TPSA) is 96.9 Å². The molecule has 1 aromatic rings. The first-order valence-corrected chi connectivity index (χ1v) is 14.8. The van der Waals surface area contributed by atoms with Crippen LogP contribution in [-0.4, -0.2) is 43.5 Å². The van der Waals surface area contributed by atoms with Crippen LogP contribution in [0.3, 0.4) is 0 Å². The minimum absolute atomic E-state index is 0.101. The third-order valence-corrected chi connectivity index (χ3v) is 9.54. The molecule has 188 valence electrons. The van der Waals surface area contributed by atoms with Crippen LogP contribution in [0, 0.1) is 5.92 Å². The van der Waals surface area contributed by atoms with Gasteiger partial charge in [0.05, 0.1) is 0 Å². The Bertz CT molecular complexity index is 741. The molecular weight excluding hydrogens is 436 g/mol. The van der Waals surface area contributed by atoms with E-state index in [1.165, 1.54) is 0 Å². The van der Waals surface area contributed by atoms with Gasteiger partial charge in [-0.05, 0) is 63.2 Å². The molecule has 0 heterocycles. The number of rotatable bonds is 11. The van der Waals surface area contributed by atoms with E-state index in [0.29, 0.717) is 13.0 Å². The van der Waals surface area contributed by atoms with Gasteiger partial charge in [0.15, 0.2) is 8.32 Å². The van der Waals surface area contributed by atoms with Crippen LogP contribution >= 0.6 is 0 Å². The summed E-state index contributed by atoms with van der Waals surface area (Å²) < 4.78 is 10.8. The van der Waals surface area contributed by atoms with Gasteiger partial charge in [-0.25, -0.2) is 9.59 Å². The first kappa shape index (κ1) is 29.0. The maximum Gasteiger partial charge on any atom is 0.407 e. The number of hydrogen-bond acceptors (Lipinski definition) is 5. The van der Waals surface area contributed by atoms with Crippen molar-refractivity contribution < 1.29 is 23.9 Å². The van der Waals surface area contributed by atoms with Crippen molar-refractivity contribution in [2.45, 2.75) is 97.2 Å². The van der Waals surface area contributed by atoms with Gasteiger partial charge in [-0.1, -0.05) is 57.5 Å². The second-order valence-electron chi connectivity index (χ2n) is 10.9. The molecule has 0 aromatic heterocycles. The lowest BCUT2D eigenvalue weighted by Gasteiger charge is -2.40. The fraction of sp³-hybridized carbons (Fsp3) is 0.680. The molecule has 2 amide bonds. The van der Waals surface area contributed by atoms with Gasteiger partial charge in [-0.3, -0.25) is 0 Å². The van der Waals surface area contributed by atoms with E-state index >= 15 is 0 Å². The van der Waals surface area contributed by atoms with Crippen LogP contribution in [0.4, 0.5) is 9.59 Å². The Labute approximate surface area is 200 Å². The van der Waals surface area contributed by atoms with E-state index in [-0.39, 0.29) is 23.6 Å². The molecule has 0 aliphatic rings. The van der Waals surface area contributed by atoms with Gasteiger partial charge >= 0.3 is 12.2 Å². The van der Waals surface area contributed by atoms with Crippen LogP contribution in [0.15, 0.2) is 30.3 Å². The van der Waals surface area contributed by atoms with Gasteiger partial charge in [0.25, 0.3) is 0 Å². The number of carbonyl (C=O) groups excluding carboxylic acids is 2. The number of nitrogens with one attached hydrogen (secondary N) is 2. The van der Waals surface area contributed by atoms with E-state index < -0.39 is 26.1 Å². The Hall–Kier alpha value is -2.06. The van der Waals surface area contributed by atoms with Crippen LogP contribution in [0.5, 0.6) is 0 Å². The predicted octanol–water partition coefficient (Wildman–Crippen LogP) is 5.59. The third-order valence-electron chi connectivity index (χ3n) is 6.02. The van der Waals surface area contributed by atoms with Gasteiger partial charge in [-0.2, -0.15) is 0 Å². The van der Waals surface area contributed by atoms with Crippen LogP contribution in [0.1, 0.15) is 66.4 Å². The Morgan fingerprint density at radius 3 is 2.18 bits per heavy atom. The minimum Gasteiger partial charge on any atom is -0.445 e. The lowest BCUT2D eigenvalue weighted by molar-refractivity contribution is 0.0476. The van der Waals surface area contributed by atoms with Crippen LogP contribution in [-0.2, 0) is 16.1 Å². The summed E-state index contributed by atoms with van der Waals surface area (Å²) in [4.78, 5) is 35.8. The van der Waals surface area contributed by atoms with E-state index in [1.807, 2.05) is 64.2 Å². The summed E-state index contributed by atoms with van der Waals surface area (Å²) in [5, 5.41) is 5.55. The van der Waals surface area contributed by atoms with E-state index in [1.54, 1.807) is 0 Å². The highest BCUT2D eigenvalue weighted by Crippen LogP contribution is 2.42. The van der Waals surface area contributed by atoms with Crippen LogP contribution < -0.4 is 10.6 Å². The summed E-state index contributed by atoms with van der Waals surface area (Å²) in [6.45, 7) is 16.0. The zero-order valence-electron chi connectivity index (χ0n) is 21.7. The molecule has 0 radical (unpaired) electrons. The highest BCUT2D eigenvalue weighted by Gasteiger charge is 2.41. The molecule has 33 heavy (non-hydrogen) atoms. The van der Waals surface area contributed by atoms with Gasteiger partial charge in [0, 0.05) is 12.6 Å². The van der Waals surface area contributed by atoms with Gasteiger partial charge in [0.1, 0.15) is 12.2 Å². The average Bonchev–Trinajstić information content (AvgIpc) is 2.67. The van der Waals surface area contributed by atoms with E-state index in [2.05, 4.69) is 31.4 Å². The van der Waals surface area contributed by atoms with Crippen molar-refractivity contribution in [2.24, 2.45) is 5.92 Å². The maximum absolute atomic E-state index is 12.5. The molecule has 7 nitrogen and oxygen atoms in total. The molecule has 1 aromatic carbocycles. The maximum atomic E-state index is 12.5. The predicted molar refractivity (Wildman–Crippen MR) is 135 cm³/mol. The Kier molecular flexibility index (Phi) is 10.9. The lowest BCUT2D eigenvalue weighted by atomic mass is 9.87. The first-order chi connectivity index (χ1) is 15.1. The summed E-state index contributed by atoms with van der Waals surface area (Å²) in [6, 6.07) is 9.28. The molecule has 0 saturated carbocycles. The van der Waals surface area contributed by atoms with Crippen molar-refractivity contribution >= 4 is 20.5 Å². The quantitative estimate of drug-likeness (QED) is 0.359. The molecule has 0 aliphatic heterocycles. The second-order valence-corrected chi connectivity index (χ2v) is 15.4. The molecule has 1 rings (SSSR count). The summed E-state index contributed by atoms with van der Waals surface area (Å²) in [5.41, 5.74) is 0.309. The van der Waals surface area contributed by atoms with Gasteiger partial charge in [0.2, 0.25) is 0 Å². The van der Waals surface area contributed by atoms with Crippen molar-refractivity contribution in [3.63, 3.8) is 0 Å². The Morgan fingerprint density at radius 2 is 1.67 bits per heavy atom. The van der Waals surface area contributed by atoms with Crippen LogP contribution in [0.25, 0.3) is 0 Å². The fourth-order valence-electron chi connectivity index (χ4n) is 3.45. The lowest BCUT2D eigenvalue weighted by Crippen LogP contribution is -2.49. The highest BCUT2D eigenvalue weighted by molar-refractivity contribution is 6.72.